The van der Waals surface area contributed by atoms with Crippen molar-refractivity contribution in [1.82, 2.24) is 0 Å². The minimum absolute atomic E-state index is 0.00566. The first kappa shape index (κ1) is 16.0. The number of hydrogen-bond donors (Lipinski definition) is 2. The maximum Gasteiger partial charge on any atom is 0.224 e. The molecule has 0 aliphatic rings. The molecule has 0 unspecified atom stereocenters. The standard InChI is InChI=1S/C18H22N2O2/c1-14-5-2-3-6-17(14)22-12-4-7-18(21)20-16-10-8-15(13-19)9-11-16/h2-3,5-6,8-11H,4,7,12-13,19H2,1H3,(H,20,21). The molecule has 2 aromatic rings. The Morgan fingerprint density at radius 2 is 1.86 bits per heavy atom. The quantitative estimate of drug-likeness (QED) is 0.771. The van der Waals surface area contributed by atoms with Crippen LogP contribution in [0.15, 0.2) is 48.5 Å². The van der Waals surface area contributed by atoms with Crippen LogP contribution in [0.4, 0.5) is 5.69 Å². The highest BCUT2D eigenvalue weighted by molar-refractivity contribution is 5.90. The van der Waals surface area contributed by atoms with E-state index in [-0.39, 0.29) is 5.91 Å². The van der Waals surface area contributed by atoms with E-state index in [1.54, 1.807) is 0 Å². The second-order valence-corrected chi connectivity index (χ2v) is 5.17. The summed E-state index contributed by atoms with van der Waals surface area (Å²) in [6.07, 6.45) is 1.12. The third-order valence-electron chi connectivity index (χ3n) is 3.37. The van der Waals surface area contributed by atoms with Gasteiger partial charge in [0.05, 0.1) is 6.61 Å². The van der Waals surface area contributed by atoms with Gasteiger partial charge >= 0.3 is 0 Å². The van der Waals surface area contributed by atoms with Gasteiger partial charge in [0.2, 0.25) is 5.91 Å². The van der Waals surface area contributed by atoms with Crippen LogP contribution in [-0.2, 0) is 11.3 Å². The van der Waals surface area contributed by atoms with Crippen LogP contribution in [0.1, 0.15) is 24.0 Å². The predicted octanol–water partition coefficient (Wildman–Crippen LogP) is 3.25. The summed E-state index contributed by atoms with van der Waals surface area (Å²) >= 11 is 0. The molecule has 0 aromatic heterocycles. The monoisotopic (exact) mass is 298 g/mol. The van der Waals surface area contributed by atoms with Crippen molar-refractivity contribution in [1.29, 1.82) is 0 Å². The lowest BCUT2D eigenvalue weighted by molar-refractivity contribution is -0.116. The molecule has 0 aliphatic carbocycles. The Morgan fingerprint density at radius 1 is 1.14 bits per heavy atom. The molecule has 4 nitrogen and oxygen atoms in total. The van der Waals surface area contributed by atoms with E-state index in [4.69, 9.17) is 10.5 Å². The van der Waals surface area contributed by atoms with E-state index < -0.39 is 0 Å². The van der Waals surface area contributed by atoms with Crippen LogP contribution in [0.2, 0.25) is 0 Å². The number of benzene rings is 2. The van der Waals surface area contributed by atoms with E-state index in [1.165, 1.54) is 0 Å². The zero-order chi connectivity index (χ0) is 15.8. The molecule has 116 valence electrons. The lowest BCUT2D eigenvalue weighted by Gasteiger charge is -2.09. The van der Waals surface area contributed by atoms with Gasteiger partial charge in [-0.25, -0.2) is 0 Å². The van der Waals surface area contributed by atoms with E-state index in [1.807, 2.05) is 55.5 Å². The van der Waals surface area contributed by atoms with E-state index in [9.17, 15) is 4.79 Å². The Labute approximate surface area is 131 Å². The molecule has 0 atom stereocenters. The first-order valence-corrected chi connectivity index (χ1v) is 7.46. The summed E-state index contributed by atoms with van der Waals surface area (Å²) in [6, 6.07) is 15.4. The topological polar surface area (TPSA) is 64.3 Å². The largest absolute Gasteiger partial charge is 0.493 e. The average Bonchev–Trinajstić information content (AvgIpc) is 2.54. The number of aryl methyl sites for hydroxylation is 1. The molecule has 0 saturated carbocycles. The van der Waals surface area contributed by atoms with Gasteiger partial charge in [-0.15, -0.1) is 0 Å². The summed E-state index contributed by atoms with van der Waals surface area (Å²) in [5, 5.41) is 2.87. The number of para-hydroxylation sites is 1. The van der Waals surface area contributed by atoms with Crippen LogP contribution in [-0.4, -0.2) is 12.5 Å². The second kappa shape index (κ2) is 8.20. The van der Waals surface area contributed by atoms with Gasteiger partial charge < -0.3 is 15.8 Å². The number of nitrogens with one attached hydrogen (secondary N) is 1. The van der Waals surface area contributed by atoms with Crippen molar-refractivity contribution in [2.24, 2.45) is 5.73 Å². The molecule has 0 bridgehead atoms. The average molecular weight is 298 g/mol. The number of amides is 1. The van der Waals surface area contributed by atoms with E-state index in [0.717, 1.165) is 22.6 Å². The smallest absolute Gasteiger partial charge is 0.224 e. The fourth-order valence-corrected chi connectivity index (χ4v) is 2.08. The van der Waals surface area contributed by atoms with E-state index in [0.29, 0.717) is 26.0 Å². The summed E-state index contributed by atoms with van der Waals surface area (Å²) in [6.45, 7) is 3.04. The Bertz CT molecular complexity index is 609. The van der Waals surface area contributed by atoms with Crippen LogP contribution in [0.5, 0.6) is 5.75 Å². The van der Waals surface area contributed by atoms with Gasteiger partial charge in [0.15, 0.2) is 0 Å². The predicted molar refractivity (Wildman–Crippen MR) is 88.9 cm³/mol. The Hall–Kier alpha value is -2.33. The fourth-order valence-electron chi connectivity index (χ4n) is 2.08. The third kappa shape index (κ3) is 4.90. The number of ether oxygens (including phenoxy) is 1. The zero-order valence-electron chi connectivity index (χ0n) is 12.8. The van der Waals surface area contributed by atoms with Crippen molar-refractivity contribution in [2.75, 3.05) is 11.9 Å². The summed E-state index contributed by atoms with van der Waals surface area (Å²) in [5.41, 5.74) is 8.48. The molecule has 2 rings (SSSR count). The number of carbonyl (C=O) groups is 1. The molecule has 3 N–H and O–H groups in total. The summed E-state index contributed by atoms with van der Waals surface area (Å²) in [4.78, 5) is 11.9. The van der Waals surface area contributed by atoms with Gasteiger partial charge in [-0.2, -0.15) is 0 Å². The Balaban J connectivity index is 1.70. The number of hydrogen-bond acceptors (Lipinski definition) is 3. The maximum atomic E-state index is 11.9. The molecule has 4 heteroatoms. The molecule has 0 heterocycles. The maximum absolute atomic E-state index is 11.9. The van der Waals surface area contributed by atoms with Crippen molar-refractivity contribution in [3.05, 3.63) is 59.7 Å². The number of rotatable bonds is 7. The molecule has 0 spiro atoms. The minimum Gasteiger partial charge on any atom is -0.493 e. The number of carbonyl (C=O) groups excluding carboxylic acids is 1. The molecular weight excluding hydrogens is 276 g/mol. The van der Waals surface area contributed by atoms with Gasteiger partial charge in [-0.1, -0.05) is 30.3 Å². The molecule has 0 saturated heterocycles. The highest BCUT2D eigenvalue weighted by Gasteiger charge is 2.03. The first-order valence-electron chi connectivity index (χ1n) is 7.46. The van der Waals surface area contributed by atoms with Crippen molar-refractivity contribution < 1.29 is 9.53 Å². The summed E-state index contributed by atoms with van der Waals surface area (Å²) < 4.78 is 5.67. The SMILES string of the molecule is Cc1ccccc1OCCCC(=O)Nc1ccc(CN)cc1. The van der Waals surface area contributed by atoms with Crippen molar-refractivity contribution in [3.8, 4) is 5.75 Å². The Kier molecular flexibility index (Phi) is 5.98. The van der Waals surface area contributed by atoms with Gasteiger partial charge in [-0.05, 0) is 42.7 Å². The molecule has 0 aliphatic heterocycles. The molecule has 0 radical (unpaired) electrons. The molecule has 0 fully saturated rings. The summed E-state index contributed by atoms with van der Waals surface area (Å²) in [5.74, 6) is 0.870. The number of nitrogens with two attached hydrogens (primary N) is 1. The molecule has 22 heavy (non-hydrogen) atoms. The lowest BCUT2D eigenvalue weighted by Crippen LogP contribution is -2.13. The van der Waals surface area contributed by atoms with Crippen molar-refractivity contribution in [2.45, 2.75) is 26.3 Å². The number of anilines is 1. The zero-order valence-corrected chi connectivity index (χ0v) is 12.8. The highest BCUT2D eigenvalue weighted by atomic mass is 16.5. The normalized spacial score (nSPS) is 10.3. The fraction of sp³-hybridized carbons (Fsp3) is 0.278. The van der Waals surface area contributed by atoms with Crippen LogP contribution >= 0.6 is 0 Å². The third-order valence-corrected chi connectivity index (χ3v) is 3.37. The van der Waals surface area contributed by atoms with Gasteiger partial charge in [0, 0.05) is 18.7 Å². The van der Waals surface area contributed by atoms with Crippen LogP contribution in [0.3, 0.4) is 0 Å². The van der Waals surface area contributed by atoms with Gasteiger partial charge in [0.25, 0.3) is 0 Å². The van der Waals surface area contributed by atoms with Crippen molar-refractivity contribution >= 4 is 11.6 Å². The van der Waals surface area contributed by atoms with Gasteiger partial charge in [-0.3, -0.25) is 4.79 Å². The molecule has 1 amide bonds. The van der Waals surface area contributed by atoms with E-state index in [2.05, 4.69) is 5.32 Å². The molecular formula is C18H22N2O2. The molecule has 2 aromatic carbocycles. The van der Waals surface area contributed by atoms with Crippen LogP contribution in [0.25, 0.3) is 0 Å². The van der Waals surface area contributed by atoms with Crippen LogP contribution in [0, 0.1) is 6.92 Å². The minimum atomic E-state index is -0.00566. The van der Waals surface area contributed by atoms with E-state index >= 15 is 0 Å². The van der Waals surface area contributed by atoms with Gasteiger partial charge in [0.1, 0.15) is 5.75 Å². The summed E-state index contributed by atoms with van der Waals surface area (Å²) in [7, 11) is 0. The van der Waals surface area contributed by atoms with Crippen LogP contribution < -0.4 is 15.8 Å². The van der Waals surface area contributed by atoms with Crippen molar-refractivity contribution in [3.63, 3.8) is 0 Å². The Morgan fingerprint density at radius 3 is 2.55 bits per heavy atom. The second-order valence-electron chi connectivity index (χ2n) is 5.17. The highest BCUT2D eigenvalue weighted by Crippen LogP contribution is 2.16. The first-order chi connectivity index (χ1) is 10.7. The lowest BCUT2D eigenvalue weighted by atomic mass is 10.2.